The molecule has 3 aromatic rings. The van der Waals surface area contributed by atoms with E-state index in [0.717, 1.165) is 50.5 Å². The summed E-state index contributed by atoms with van der Waals surface area (Å²) in [4.78, 5) is 27.2. The number of carbonyl (C=O) groups is 2. The average Bonchev–Trinajstić information content (AvgIpc) is 3.59. The number of nitrogens with one attached hydrogen (secondary N) is 2. The van der Waals surface area contributed by atoms with Crippen molar-refractivity contribution in [1.29, 1.82) is 0 Å². The Morgan fingerprint density at radius 2 is 1.72 bits per heavy atom. The highest BCUT2D eigenvalue weighted by atomic mass is 16.5. The molecule has 0 radical (unpaired) electrons. The van der Waals surface area contributed by atoms with Crippen LogP contribution in [0.5, 0.6) is 0 Å². The molecule has 2 heterocycles. The second kappa shape index (κ2) is 8.84. The molecule has 0 spiro atoms. The normalized spacial score (nSPS) is 15.9. The maximum Gasteiger partial charge on any atom is 0.255 e. The van der Waals surface area contributed by atoms with Crippen LogP contribution in [0.15, 0.2) is 60.8 Å². The molecule has 1 aliphatic heterocycles. The molecular formula is C24H25N5O3. The van der Waals surface area contributed by atoms with Crippen molar-refractivity contribution >= 4 is 29.0 Å². The number of amides is 2. The zero-order valence-corrected chi connectivity index (χ0v) is 17.7. The van der Waals surface area contributed by atoms with Crippen LogP contribution in [-0.4, -0.2) is 47.9 Å². The monoisotopic (exact) mass is 431 g/mol. The van der Waals surface area contributed by atoms with Gasteiger partial charge in [0.2, 0.25) is 5.91 Å². The van der Waals surface area contributed by atoms with Gasteiger partial charge in [0.1, 0.15) is 5.82 Å². The van der Waals surface area contributed by atoms with Crippen LogP contribution in [0, 0.1) is 5.92 Å². The zero-order chi connectivity index (χ0) is 21.9. The number of carbonyl (C=O) groups excluding carboxylic acids is 2. The van der Waals surface area contributed by atoms with Crippen molar-refractivity contribution in [3.05, 3.63) is 66.4 Å². The maximum atomic E-state index is 12.8. The Morgan fingerprint density at radius 1 is 0.938 bits per heavy atom. The fourth-order valence-electron chi connectivity index (χ4n) is 3.74. The highest BCUT2D eigenvalue weighted by Crippen LogP contribution is 2.30. The van der Waals surface area contributed by atoms with E-state index in [0.29, 0.717) is 17.1 Å². The fraction of sp³-hybridized carbons (Fsp3) is 0.292. The predicted molar refractivity (Wildman–Crippen MR) is 122 cm³/mol. The SMILES string of the molecule is O=C(Nc1ccc(N2CCOCC2)cc1)c1cccc(-n2nccc2NC(=O)C2CC2)c1. The lowest BCUT2D eigenvalue weighted by Gasteiger charge is -2.28. The Balaban J connectivity index is 1.28. The summed E-state index contributed by atoms with van der Waals surface area (Å²) in [5, 5.41) is 10.2. The van der Waals surface area contributed by atoms with Crippen molar-refractivity contribution in [3.8, 4) is 5.69 Å². The largest absolute Gasteiger partial charge is 0.378 e. The lowest BCUT2D eigenvalue weighted by atomic mass is 10.1. The molecule has 8 nitrogen and oxygen atoms in total. The van der Waals surface area contributed by atoms with Crippen molar-refractivity contribution in [2.75, 3.05) is 41.8 Å². The summed E-state index contributed by atoms with van der Waals surface area (Å²) in [6.07, 6.45) is 3.50. The molecule has 1 saturated heterocycles. The minimum Gasteiger partial charge on any atom is -0.378 e. The second-order valence-corrected chi connectivity index (χ2v) is 8.04. The first-order chi connectivity index (χ1) is 15.7. The van der Waals surface area contributed by atoms with Gasteiger partial charge in [0.05, 0.1) is 25.1 Å². The van der Waals surface area contributed by atoms with Crippen LogP contribution in [0.3, 0.4) is 0 Å². The topological polar surface area (TPSA) is 88.5 Å². The van der Waals surface area contributed by atoms with Gasteiger partial charge in [-0.2, -0.15) is 5.10 Å². The first-order valence-corrected chi connectivity index (χ1v) is 10.9. The molecule has 2 aliphatic rings. The number of hydrogen-bond donors (Lipinski definition) is 2. The van der Waals surface area contributed by atoms with E-state index in [1.54, 1.807) is 35.1 Å². The van der Waals surface area contributed by atoms with Gasteiger partial charge in [-0.15, -0.1) is 0 Å². The fourth-order valence-corrected chi connectivity index (χ4v) is 3.74. The van der Waals surface area contributed by atoms with Gasteiger partial charge in [-0.1, -0.05) is 6.07 Å². The Hall–Kier alpha value is -3.65. The van der Waals surface area contributed by atoms with Crippen molar-refractivity contribution in [3.63, 3.8) is 0 Å². The van der Waals surface area contributed by atoms with E-state index >= 15 is 0 Å². The number of anilines is 3. The van der Waals surface area contributed by atoms with Crippen LogP contribution >= 0.6 is 0 Å². The van der Waals surface area contributed by atoms with E-state index in [-0.39, 0.29) is 17.7 Å². The van der Waals surface area contributed by atoms with Gasteiger partial charge in [-0.3, -0.25) is 9.59 Å². The number of morpholine rings is 1. The maximum absolute atomic E-state index is 12.8. The molecule has 1 aliphatic carbocycles. The second-order valence-electron chi connectivity index (χ2n) is 8.04. The lowest BCUT2D eigenvalue weighted by molar-refractivity contribution is -0.117. The Morgan fingerprint density at radius 3 is 2.47 bits per heavy atom. The van der Waals surface area contributed by atoms with Crippen LogP contribution in [0.2, 0.25) is 0 Å². The molecule has 32 heavy (non-hydrogen) atoms. The molecular weight excluding hydrogens is 406 g/mol. The van der Waals surface area contributed by atoms with E-state index in [2.05, 4.69) is 20.6 Å². The molecule has 0 unspecified atom stereocenters. The third-order valence-electron chi connectivity index (χ3n) is 5.70. The Labute approximate surface area is 186 Å². The van der Waals surface area contributed by atoms with E-state index < -0.39 is 0 Å². The number of hydrogen-bond acceptors (Lipinski definition) is 5. The van der Waals surface area contributed by atoms with Crippen molar-refractivity contribution in [1.82, 2.24) is 9.78 Å². The number of nitrogens with zero attached hydrogens (tertiary/aromatic N) is 3. The van der Waals surface area contributed by atoms with Gasteiger partial charge in [-0.25, -0.2) is 4.68 Å². The van der Waals surface area contributed by atoms with Crippen LogP contribution in [0.25, 0.3) is 5.69 Å². The van der Waals surface area contributed by atoms with E-state index in [4.69, 9.17) is 4.74 Å². The minimum atomic E-state index is -0.207. The van der Waals surface area contributed by atoms with Gasteiger partial charge >= 0.3 is 0 Å². The summed E-state index contributed by atoms with van der Waals surface area (Å²) in [6.45, 7) is 3.21. The predicted octanol–water partition coefficient (Wildman–Crippen LogP) is 3.31. The number of benzene rings is 2. The standard InChI is InChI=1S/C24H25N5O3/c30-23(17-4-5-17)27-22-10-11-25-29(22)21-3-1-2-18(16-21)24(31)26-19-6-8-20(9-7-19)28-12-14-32-15-13-28/h1-3,6-11,16-17H,4-5,12-15H2,(H,26,31)(H,27,30). The highest BCUT2D eigenvalue weighted by molar-refractivity contribution is 6.04. The zero-order valence-electron chi connectivity index (χ0n) is 17.7. The molecule has 2 aromatic carbocycles. The van der Waals surface area contributed by atoms with Gasteiger partial charge in [0, 0.05) is 42.0 Å². The molecule has 164 valence electrons. The molecule has 5 rings (SSSR count). The smallest absolute Gasteiger partial charge is 0.255 e. The summed E-state index contributed by atoms with van der Waals surface area (Å²) >= 11 is 0. The third kappa shape index (κ3) is 4.50. The molecule has 1 aromatic heterocycles. The number of ether oxygens (including phenoxy) is 1. The van der Waals surface area contributed by atoms with Gasteiger partial charge < -0.3 is 20.3 Å². The number of rotatable bonds is 6. The van der Waals surface area contributed by atoms with Crippen molar-refractivity contribution in [2.24, 2.45) is 5.92 Å². The van der Waals surface area contributed by atoms with E-state index in [9.17, 15) is 9.59 Å². The minimum absolute atomic E-state index is 0.0150. The van der Waals surface area contributed by atoms with E-state index in [1.165, 1.54) is 0 Å². The molecule has 2 amide bonds. The van der Waals surface area contributed by atoms with Gasteiger partial charge in [-0.05, 0) is 55.3 Å². The highest BCUT2D eigenvalue weighted by Gasteiger charge is 2.30. The summed E-state index contributed by atoms with van der Waals surface area (Å²) in [6, 6.07) is 16.8. The number of aromatic nitrogens is 2. The van der Waals surface area contributed by atoms with Crippen LogP contribution < -0.4 is 15.5 Å². The molecule has 2 N–H and O–H groups in total. The Kier molecular flexibility index (Phi) is 5.60. The first kappa shape index (κ1) is 20.3. The summed E-state index contributed by atoms with van der Waals surface area (Å²) < 4.78 is 7.03. The van der Waals surface area contributed by atoms with Crippen molar-refractivity contribution in [2.45, 2.75) is 12.8 Å². The molecule has 1 saturated carbocycles. The summed E-state index contributed by atoms with van der Waals surface area (Å²) in [7, 11) is 0. The summed E-state index contributed by atoms with van der Waals surface area (Å²) in [5.41, 5.74) is 3.06. The average molecular weight is 431 g/mol. The Bertz CT molecular complexity index is 1110. The van der Waals surface area contributed by atoms with Crippen LogP contribution in [0.1, 0.15) is 23.2 Å². The van der Waals surface area contributed by atoms with E-state index in [1.807, 2.05) is 30.3 Å². The first-order valence-electron chi connectivity index (χ1n) is 10.9. The lowest BCUT2D eigenvalue weighted by Crippen LogP contribution is -2.36. The molecule has 2 fully saturated rings. The van der Waals surface area contributed by atoms with Crippen LogP contribution in [0.4, 0.5) is 17.2 Å². The molecule has 8 heteroatoms. The molecule has 0 atom stereocenters. The van der Waals surface area contributed by atoms with Gasteiger partial charge in [0.25, 0.3) is 5.91 Å². The summed E-state index contributed by atoms with van der Waals surface area (Å²) in [5.74, 6) is 0.506. The van der Waals surface area contributed by atoms with Gasteiger partial charge in [0.15, 0.2) is 0 Å². The van der Waals surface area contributed by atoms with Crippen LogP contribution in [-0.2, 0) is 9.53 Å². The third-order valence-corrected chi connectivity index (χ3v) is 5.70. The van der Waals surface area contributed by atoms with Crippen molar-refractivity contribution < 1.29 is 14.3 Å². The molecule has 0 bridgehead atoms. The quantitative estimate of drug-likeness (QED) is 0.625.